The number of amides is 2. The molecule has 7 heteroatoms. The average Bonchev–Trinajstić information content (AvgIpc) is 2.82. The van der Waals surface area contributed by atoms with Gasteiger partial charge in [-0.25, -0.2) is 9.29 Å². The largest absolute Gasteiger partial charge is 0.373 e. The molecule has 2 amide bonds. The lowest BCUT2D eigenvalue weighted by atomic mass is 10.1. The van der Waals surface area contributed by atoms with E-state index in [1.807, 2.05) is 37.3 Å². The van der Waals surface area contributed by atoms with E-state index < -0.39 is 17.6 Å². The second-order valence-corrected chi connectivity index (χ2v) is 6.29. The van der Waals surface area contributed by atoms with Crippen LogP contribution in [0, 0.1) is 5.82 Å². The van der Waals surface area contributed by atoms with E-state index in [0.717, 1.165) is 16.5 Å². The van der Waals surface area contributed by atoms with E-state index in [2.05, 4.69) is 5.32 Å². The number of carbonyl (C=O) groups excluding carboxylic acids is 2. The van der Waals surface area contributed by atoms with Crippen molar-refractivity contribution in [1.29, 1.82) is 0 Å². The van der Waals surface area contributed by atoms with Crippen molar-refractivity contribution in [2.75, 3.05) is 4.90 Å². The molecule has 1 atom stereocenters. The predicted octanol–water partition coefficient (Wildman–Crippen LogP) is 4.15. The molecule has 0 fully saturated rings. The standard InChI is InChI=1S/C18H13Cl2FN2O2/c1-10(11-5-3-2-4-6-11)22-16-15(20)17(24)23(18(16)25)12-7-8-14(21)13(19)9-12/h2-10,22H,1H3. The van der Waals surface area contributed by atoms with Crippen LogP contribution in [0.5, 0.6) is 0 Å². The van der Waals surface area contributed by atoms with Crippen LogP contribution in [0.4, 0.5) is 10.1 Å². The highest BCUT2D eigenvalue weighted by atomic mass is 35.5. The first-order chi connectivity index (χ1) is 11.9. The van der Waals surface area contributed by atoms with Gasteiger partial charge in [-0.1, -0.05) is 53.5 Å². The third-order valence-electron chi connectivity index (χ3n) is 3.85. The SMILES string of the molecule is CC(NC1=C(Cl)C(=O)N(c2ccc(F)c(Cl)c2)C1=O)c1ccccc1. The Hall–Kier alpha value is -2.37. The van der Waals surface area contributed by atoms with Crippen molar-refractivity contribution in [2.24, 2.45) is 0 Å². The Labute approximate surface area is 153 Å². The molecule has 0 radical (unpaired) electrons. The topological polar surface area (TPSA) is 49.4 Å². The van der Waals surface area contributed by atoms with Gasteiger partial charge in [0, 0.05) is 6.04 Å². The summed E-state index contributed by atoms with van der Waals surface area (Å²) in [5, 5.41) is 2.58. The van der Waals surface area contributed by atoms with E-state index >= 15 is 0 Å². The van der Waals surface area contributed by atoms with E-state index in [0.29, 0.717) is 0 Å². The number of hydrogen-bond acceptors (Lipinski definition) is 3. The Morgan fingerprint density at radius 3 is 2.36 bits per heavy atom. The number of benzene rings is 2. The van der Waals surface area contributed by atoms with E-state index in [-0.39, 0.29) is 27.5 Å². The molecule has 4 nitrogen and oxygen atoms in total. The minimum Gasteiger partial charge on any atom is -0.373 e. The van der Waals surface area contributed by atoms with Gasteiger partial charge in [0.15, 0.2) is 0 Å². The van der Waals surface area contributed by atoms with Crippen LogP contribution in [0.15, 0.2) is 59.3 Å². The van der Waals surface area contributed by atoms with Crippen LogP contribution in [0.25, 0.3) is 0 Å². The third kappa shape index (κ3) is 3.25. The maximum Gasteiger partial charge on any atom is 0.283 e. The van der Waals surface area contributed by atoms with Crippen LogP contribution in [-0.2, 0) is 9.59 Å². The van der Waals surface area contributed by atoms with Crippen LogP contribution < -0.4 is 10.2 Å². The minimum atomic E-state index is -0.683. The minimum absolute atomic E-state index is 0.00321. The van der Waals surface area contributed by atoms with Crippen LogP contribution in [0.2, 0.25) is 5.02 Å². The number of rotatable bonds is 4. The first-order valence-electron chi connectivity index (χ1n) is 7.45. The monoisotopic (exact) mass is 378 g/mol. The molecule has 25 heavy (non-hydrogen) atoms. The first kappa shape index (κ1) is 17.5. The van der Waals surface area contributed by atoms with Gasteiger partial charge in [-0.3, -0.25) is 9.59 Å². The molecular formula is C18H13Cl2FN2O2. The molecule has 2 aromatic carbocycles. The smallest absolute Gasteiger partial charge is 0.283 e. The van der Waals surface area contributed by atoms with Gasteiger partial charge in [-0.2, -0.15) is 0 Å². The summed E-state index contributed by atoms with van der Waals surface area (Å²) >= 11 is 11.8. The van der Waals surface area contributed by atoms with Gasteiger partial charge in [-0.15, -0.1) is 0 Å². The summed E-state index contributed by atoms with van der Waals surface area (Å²) < 4.78 is 13.3. The van der Waals surface area contributed by atoms with Crippen molar-refractivity contribution in [3.05, 3.63) is 75.7 Å². The van der Waals surface area contributed by atoms with Crippen LogP contribution >= 0.6 is 23.2 Å². The number of halogens is 3. The summed E-state index contributed by atoms with van der Waals surface area (Å²) in [4.78, 5) is 25.9. The Morgan fingerprint density at radius 1 is 1.04 bits per heavy atom. The van der Waals surface area contributed by atoms with Crippen molar-refractivity contribution in [3.63, 3.8) is 0 Å². The van der Waals surface area contributed by atoms with Crippen molar-refractivity contribution in [3.8, 4) is 0 Å². The van der Waals surface area contributed by atoms with Crippen molar-refractivity contribution in [1.82, 2.24) is 5.32 Å². The fourth-order valence-corrected chi connectivity index (χ4v) is 2.92. The predicted molar refractivity (Wildman–Crippen MR) is 94.8 cm³/mol. The van der Waals surface area contributed by atoms with Crippen molar-refractivity contribution >= 4 is 40.7 Å². The summed E-state index contributed by atoms with van der Waals surface area (Å²) in [6.07, 6.45) is 0. The second kappa shape index (κ2) is 6.86. The zero-order chi connectivity index (χ0) is 18.1. The third-order valence-corrected chi connectivity index (χ3v) is 4.49. The van der Waals surface area contributed by atoms with E-state index in [4.69, 9.17) is 23.2 Å². The van der Waals surface area contributed by atoms with Gasteiger partial charge in [0.2, 0.25) is 0 Å². The summed E-state index contributed by atoms with van der Waals surface area (Å²) in [5.74, 6) is -1.93. The zero-order valence-electron chi connectivity index (χ0n) is 13.1. The molecule has 0 spiro atoms. The molecule has 0 aliphatic carbocycles. The Kier molecular flexibility index (Phi) is 4.79. The molecule has 1 heterocycles. The van der Waals surface area contributed by atoms with Gasteiger partial charge < -0.3 is 5.32 Å². The summed E-state index contributed by atoms with van der Waals surface area (Å²) in [6, 6.07) is 12.8. The van der Waals surface area contributed by atoms with Gasteiger partial charge in [0.25, 0.3) is 11.8 Å². The summed E-state index contributed by atoms with van der Waals surface area (Å²) in [6.45, 7) is 1.85. The van der Waals surface area contributed by atoms with Gasteiger partial charge >= 0.3 is 0 Å². The lowest BCUT2D eigenvalue weighted by Gasteiger charge is -2.18. The van der Waals surface area contributed by atoms with E-state index in [1.165, 1.54) is 12.1 Å². The van der Waals surface area contributed by atoms with Crippen LogP contribution in [0.3, 0.4) is 0 Å². The number of nitrogens with zero attached hydrogens (tertiary/aromatic N) is 1. The highest BCUT2D eigenvalue weighted by molar-refractivity contribution is 6.52. The van der Waals surface area contributed by atoms with Gasteiger partial charge in [0.05, 0.1) is 10.7 Å². The summed E-state index contributed by atoms with van der Waals surface area (Å²) in [7, 11) is 0. The maximum absolute atomic E-state index is 13.3. The molecule has 0 saturated carbocycles. The van der Waals surface area contributed by atoms with Crippen LogP contribution in [0.1, 0.15) is 18.5 Å². The fourth-order valence-electron chi connectivity index (χ4n) is 2.53. The average molecular weight is 379 g/mol. The van der Waals surface area contributed by atoms with Crippen molar-refractivity contribution in [2.45, 2.75) is 13.0 Å². The number of imide groups is 1. The Balaban J connectivity index is 1.88. The number of nitrogens with one attached hydrogen (secondary N) is 1. The quantitative estimate of drug-likeness (QED) is 0.812. The number of anilines is 1. The maximum atomic E-state index is 13.3. The molecule has 1 aliphatic heterocycles. The Morgan fingerprint density at radius 2 is 1.72 bits per heavy atom. The molecule has 0 aromatic heterocycles. The number of carbonyl (C=O) groups is 2. The molecule has 128 valence electrons. The fraction of sp³-hybridized carbons (Fsp3) is 0.111. The zero-order valence-corrected chi connectivity index (χ0v) is 14.6. The number of hydrogen-bond donors (Lipinski definition) is 1. The lowest BCUT2D eigenvalue weighted by Crippen LogP contribution is -2.34. The molecule has 1 aliphatic rings. The lowest BCUT2D eigenvalue weighted by molar-refractivity contribution is -0.120. The summed E-state index contributed by atoms with van der Waals surface area (Å²) in [5.41, 5.74) is 1.09. The molecule has 0 saturated heterocycles. The van der Waals surface area contributed by atoms with Crippen LogP contribution in [-0.4, -0.2) is 11.8 Å². The normalized spacial score (nSPS) is 15.8. The second-order valence-electron chi connectivity index (χ2n) is 5.51. The van der Waals surface area contributed by atoms with Gasteiger partial charge in [0.1, 0.15) is 16.5 Å². The highest BCUT2D eigenvalue weighted by Crippen LogP contribution is 2.31. The molecule has 1 N–H and O–H groups in total. The van der Waals surface area contributed by atoms with E-state index in [9.17, 15) is 14.0 Å². The molecule has 2 aromatic rings. The Bertz CT molecular complexity index is 884. The first-order valence-corrected chi connectivity index (χ1v) is 8.21. The molecule has 0 bridgehead atoms. The molecule has 1 unspecified atom stereocenters. The highest BCUT2D eigenvalue weighted by Gasteiger charge is 2.39. The van der Waals surface area contributed by atoms with E-state index in [1.54, 1.807) is 0 Å². The van der Waals surface area contributed by atoms with Gasteiger partial charge in [-0.05, 0) is 30.7 Å². The van der Waals surface area contributed by atoms with Crippen molar-refractivity contribution < 1.29 is 14.0 Å². The molecular weight excluding hydrogens is 366 g/mol. The molecule has 3 rings (SSSR count).